The summed E-state index contributed by atoms with van der Waals surface area (Å²) in [5.74, 6) is -0.374. The summed E-state index contributed by atoms with van der Waals surface area (Å²) in [5.41, 5.74) is 0.698. The second kappa shape index (κ2) is 6.53. The molecule has 2 aromatic heterocycles. The summed E-state index contributed by atoms with van der Waals surface area (Å²) >= 11 is 1.26. The maximum Gasteiger partial charge on any atom is 0.321 e. The molecule has 0 bridgehead atoms. The fraction of sp³-hybridized carbons (Fsp3) is 0.417. The number of fused-ring (bicyclic) bond motifs is 1. The highest BCUT2D eigenvalue weighted by Crippen LogP contribution is 2.27. The molecule has 0 aliphatic rings. The second-order valence-electron chi connectivity index (χ2n) is 4.29. The number of carbonyl (C=O) groups excluding carboxylic acids is 2. The molecule has 8 nitrogen and oxygen atoms in total. The molecule has 2 heterocycles. The Morgan fingerprint density at radius 3 is 2.90 bits per heavy atom. The van der Waals surface area contributed by atoms with E-state index in [0.29, 0.717) is 17.2 Å². The molecule has 9 heteroatoms. The third-order valence-corrected chi connectivity index (χ3v) is 3.84. The molecule has 0 saturated heterocycles. The Morgan fingerprint density at radius 1 is 1.43 bits per heavy atom. The van der Waals surface area contributed by atoms with E-state index in [0.717, 1.165) is 5.39 Å². The number of aryl methyl sites for hydroxylation is 1. The maximum absolute atomic E-state index is 11.9. The van der Waals surface area contributed by atoms with Crippen LogP contribution in [0, 0.1) is 0 Å². The van der Waals surface area contributed by atoms with Gasteiger partial charge in [0.05, 0.1) is 16.8 Å². The van der Waals surface area contributed by atoms with Crippen molar-refractivity contribution < 1.29 is 9.59 Å². The van der Waals surface area contributed by atoms with E-state index in [9.17, 15) is 9.59 Å². The van der Waals surface area contributed by atoms with Crippen LogP contribution in [0.1, 0.15) is 13.8 Å². The van der Waals surface area contributed by atoms with E-state index in [4.69, 9.17) is 0 Å². The van der Waals surface area contributed by atoms with Gasteiger partial charge in [-0.25, -0.2) is 14.8 Å². The van der Waals surface area contributed by atoms with Gasteiger partial charge in [0, 0.05) is 13.6 Å². The van der Waals surface area contributed by atoms with Gasteiger partial charge in [0.15, 0.2) is 5.65 Å². The van der Waals surface area contributed by atoms with Gasteiger partial charge in [-0.15, -0.1) is 0 Å². The van der Waals surface area contributed by atoms with Crippen LogP contribution in [-0.2, 0) is 11.8 Å². The molecule has 0 fully saturated rings. The smallest absolute Gasteiger partial charge is 0.321 e. The van der Waals surface area contributed by atoms with E-state index < -0.39 is 11.3 Å². The van der Waals surface area contributed by atoms with Crippen molar-refractivity contribution in [1.29, 1.82) is 0 Å². The highest BCUT2D eigenvalue weighted by molar-refractivity contribution is 8.00. The summed E-state index contributed by atoms with van der Waals surface area (Å²) in [6.45, 7) is 3.95. The molecule has 3 amide bonds. The van der Waals surface area contributed by atoms with E-state index in [2.05, 4.69) is 25.7 Å². The number of carbonyl (C=O) groups is 2. The molecule has 0 aliphatic heterocycles. The van der Waals surface area contributed by atoms with Crippen molar-refractivity contribution in [1.82, 2.24) is 30.4 Å². The van der Waals surface area contributed by atoms with E-state index in [1.54, 1.807) is 31.8 Å². The largest absolute Gasteiger partial charge is 0.338 e. The first kappa shape index (κ1) is 15.2. The fourth-order valence-electron chi connectivity index (χ4n) is 1.67. The zero-order valence-corrected chi connectivity index (χ0v) is 12.8. The number of nitrogens with one attached hydrogen (secondary N) is 2. The van der Waals surface area contributed by atoms with Gasteiger partial charge in [-0.05, 0) is 13.8 Å². The lowest BCUT2D eigenvalue weighted by Crippen LogP contribution is -2.42. The predicted octanol–water partition coefficient (Wildman–Crippen LogP) is 0.690. The second-order valence-corrected chi connectivity index (χ2v) is 5.62. The molecule has 2 rings (SSSR count). The first-order chi connectivity index (χ1) is 10.0. The van der Waals surface area contributed by atoms with Gasteiger partial charge in [-0.3, -0.25) is 14.8 Å². The highest BCUT2D eigenvalue weighted by atomic mass is 32.2. The SMILES string of the molecule is CCNC(=O)NC(=O)[C@H](C)Sc1ncnc2c1cnn2C. The minimum atomic E-state index is -0.496. The number of hydrogen-bond acceptors (Lipinski definition) is 6. The van der Waals surface area contributed by atoms with Crippen LogP contribution in [0.5, 0.6) is 0 Å². The summed E-state index contributed by atoms with van der Waals surface area (Å²) in [6.07, 6.45) is 3.09. The Labute approximate surface area is 125 Å². The first-order valence-corrected chi connectivity index (χ1v) is 7.29. The number of thioether (sulfide) groups is 1. The molecule has 0 aliphatic carbocycles. The number of amides is 3. The number of aromatic nitrogens is 4. The summed E-state index contributed by atoms with van der Waals surface area (Å²) in [7, 11) is 1.79. The van der Waals surface area contributed by atoms with Crippen LogP contribution in [0.15, 0.2) is 17.6 Å². The van der Waals surface area contributed by atoms with Crippen molar-refractivity contribution in [3.05, 3.63) is 12.5 Å². The molecule has 1 atom stereocenters. The van der Waals surface area contributed by atoms with Crippen molar-refractivity contribution in [2.75, 3.05) is 6.54 Å². The zero-order chi connectivity index (χ0) is 15.4. The molecule has 2 aromatic rings. The van der Waals surface area contributed by atoms with Crippen molar-refractivity contribution in [2.45, 2.75) is 24.1 Å². The van der Waals surface area contributed by atoms with E-state index in [-0.39, 0.29) is 5.91 Å². The van der Waals surface area contributed by atoms with Crippen LogP contribution in [0.4, 0.5) is 4.79 Å². The van der Waals surface area contributed by atoms with Crippen LogP contribution < -0.4 is 10.6 Å². The number of nitrogens with zero attached hydrogens (tertiary/aromatic N) is 4. The van der Waals surface area contributed by atoms with Gasteiger partial charge in [-0.1, -0.05) is 11.8 Å². The van der Waals surface area contributed by atoms with Crippen molar-refractivity contribution in [2.24, 2.45) is 7.05 Å². The van der Waals surface area contributed by atoms with Crippen LogP contribution in [-0.4, -0.2) is 43.5 Å². The average molecular weight is 308 g/mol. The first-order valence-electron chi connectivity index (χ1n) is 6.41. The molecule has 2 N–H and O–H groups in total. The van der Waals surface area contributed by atoms with E-state index >= 15 is 0 Å². The molecular weight excluding hydrogens is 292 g/mol. The fourth-order valence-corrected chi connectivity index (χ4v) is 2.55. The summed E-state index contributed by atoms with van der Waals surface area (Å²) in [4.78, 5) is 31.6. The molecule has 0 aromatic carbocycles. The highest BCUT2D eigenvalue weighted by Gasteiger charge is 2.19. The Morgan fingerprint density at radius 2 is 2.19 bits per heavy atom. The number of hydrogen-bond donors (Lipinski definition) is 2. The number of urea groups is 1. The van der Waals surface area contributed by atoms with Gasteiger partial charge < -0.3 is 5.32 Å². The quantitative estimate of drug-likeness (QED) is 0.636. The molecule has 0 unspecified atom stereocenters. The van der Waals surface area contributed by atoms with Gasteiger partial charge in [-0.2, -0.15) is 5.10 Å². The van der Waals surface area contributed by atoms with Crippen molar-refractivity contribution in [3.8, 4) is 0 Å². The number of imide groups is 1. The Hall–Kier alpha value is -2.16. The summed E-state index contributed by atoms with van der Waals surface area (Å²) in [5, 5.41) is 9.88. The lowest BCUT2D eigenvalue weighted by Gasteiger charge is -2.11. The summed E-state index contributed by atoms with van der Waals surface area (Å²) in [6, 6.07) is -0.496. The monoisotopic (exact) mass is 308 g/mol. The van der Waals surface area contributed by atoms with Crippen LogP contribution in [0.2, 0.25) is 0 Å². The summed E-state index contributed by atoms with van der Waals surface area (Å²) < 4.78 is 1.64. The van der Waals surface area contributed by atoms with Gasteiger partial charge in [0.1, 0.15) is 11.4 Å². The molecule has 0 radical (unpaired) electrons. The molecule has 21 heavy (non-hydrogen) atoms. The lowest BCUT2D eigenvalue weighted by molar-refractivity contribution is -0.119. The predicted molar refractivity (Wildman–Crippen MR) is 78.8 cm³/mol. The molecular formula is C12H16N6O2S. The third kappa shape index (κ3) is 3.48. The van der Waals surface area contributed by atoms with E-state index in [1.807, 2.05) is 0 Å². The Bertz CT molecular complexity index is 671. The van der Waals surface area contributed by atoms with Crippen LogP contribution in [0.3, 0.4) is 0 Å². The minimum absolute atomic E-state index is 0.374. The normalized spacial score (nSPS) is 12.1. The molecule has 0 spiro atoms. The minimum Gasteiger partial charge on any atom is -0.338 e. The van der Waals surface area contributed by atoms with Gasteiger partial charge in [0.25, 0.3) is 0 Å². The Balaban J connectivity index is 2.09. The standard InChI is InChI=1S/C12H16N6O2S/c1-4-13-12(20)17-10(19)7(2)21-11-8-5-16-18(3)9(8)14-6-15-11/h5-7H,4H2,1-3H3,(H2,13,17,19,20)/t7-/m0/s1. The zero-order valence-electron chi connectivity index (χ0n) is 12.0. The van der Waals surface area contributed by atoms with Gasteiger partial charge in [0.2, 0.25) is 5.91 Å². The van der Waals surface area contributed by atoms with E-state index in [1.165, 1.54) is 18.1 Å². The average Bonchev–Trinajstić information content (AvgIpc) is 2.82. The number of rotatable bonds is 4. The van der Waals surface area contributed by atoms with Gasteiger partial charge >= 0.3 is 6.03 Å². The van der Waals surface area contributed by atoms with Crippen LogP contribution >= 0.6 is 11.8 Å². The third-order valence-electron chi connectivity index (χ3n) is 2.72. The maximum atomic E-state index is 11.9. The van der Waals surface area contributed by atoms with Crippen LogP contribution in [0.25, 0.3) is 11.0 Å². The lowest BCUT2D eigenvalue weighted by atomic mass is 10.4. The van der Waals surface area contributed by atoms with Crippen molar-refractivity contribution >= 4 is 34.7 Å². The Kier molecular flexibility index (Phi) is 4.73. The molecule has 0 saturated carbocycles. The topological polar surface area (TPSA) is 102 Å². The molecule has 112 valence electrons. The van der Waals surface area contributed by atoms with Crippen molar-refractivity contribution in [3.63, 3.8) is 0 Å².